The second-order valence-electron chi connectivity index (χ2n) is 9.09. The van der Waals surface area contributed by atoms with E-state index in [1.165, 1.54) is 5.56 Å². The summed E-state index contributed by atoms with van der Waals surface area (Å²) in [7, 11) is 0. The Bertz CT molecular complexity index is 1030. The molecule has 1 aromatic heterocycles. The molecule has 0 spiro atoms. The minimum Gasteiger partial charge on any atom is -0.481 e. The van der Waals surface area contributed by atoms with Crippen molar-refractivity contribution in [1.82, 2.24) is 15.2 Å². The van der Waals surface area contributed by atoms with Crippen LogP contribution in [0.3, 0.4) is 0 Å². The second-order valence-corrected chi connectivity index (χ2v) is 9.09. The first-order chi connectivity index (χ1) is 16.5. The van der Waals surface area contributed by atoms with Gasteiger partial charge in [-0.15, -0.1) is 0 Å². The highest BCUT2D eigenvalue weighted by Gasteiger charge is 2.30. The maximum atomic E-state index is 13.0. The van der Waals surface area contributed by atoms with Crippen LogP contribution in [0.4, 0.5) is 5.82 Å². The molecule has 2 aliphatic rings. The number of carboxylic acids is 1. The molecule has 0 saturated carbocycles. The molecule has 3 N–H and O–H groups in total. The Balaban J connectivity index is 1.32. The van der Waals surface area contributed by atoms with Gasteiger partial charge in [-0.3, -0.25) is 14.4 Å². The zero-order chi connectivity index (χ0) is 23.9. The molecule has 1 fully saturated rings. The molecule has 1 saturated heterocycles. The van der Waals surface area contributed by atoms with E-state index in [2.05, 4.69) is 21.7 Å². The number of rotatable bonds is 8. The summed E-state index contributed by atoms with van der Waals surface area (Å²) >= 11 is 0. The number of nitrogens with zero attached hydrogens (tertiary/aromatic N) is 2. The Morgan fingerprint density at radius 3 is 2.76 bits per heavy atom. The van der Waals surface area contributed by atoms with Crippen LogP contribution in [0.2, 0.25) is 0 Å². The summed E-state index contributed by atoms with van der Waals surface area (Å²) in [6.45, 7) is 1.93. The van der Waals surface area contributed by atoms with Crippen LogP contribution in [0, 0.1) is 5.92 Å². The summed E-state index contributed by atoms with van der Waals surface area (Å²) in [4.78, 5) is 43.6. The highest BCUT2D eigenvalue weighted by atomic mass is 16.4. The predicted octanol–water partition coefficient (Wildman–Crippen LogP) is 2.94. The maximum absolute atomic E-state index is 13.0. The average molecular weight is 465 g/mol. The van der Waals surface area contributed by atoms with Gasteiger partial charge in [0.2, 0.25) is 11.8 Å². The first kappa shape index (κ1) is 23.7. The van der Waals surface area contributed by atoms with E-state index in [0.717, 1.165) is 42.9 Å². The molecule has 8 heteroatoms. The molecular weight excluding hydrogens is 432 g/mol. The fraction of sp³-hybridized carbons (Fsp3) is 0.462. The van der Waals surface area contributed by atoms with Crippen molar-refractivity contribution in [1.29, 1.82) is 0 Å². The van der Waals surface area contributed by atoms with Crippen molar-refractivity contribution in [2.75, 3.05) is 25.0 Å². The zero-order valence-corrected chi connectivity index (χ0v) is 19.3. The van der Waals surface area contributed by atoms with Crippen LogP contribution >= 0.6 is 0 Å². The predicted molar refractivity (Wildman–Crippen MR) is 128 cm³/mol. The summed E-state index contributed by atoms with van der Waals surface area (Å²) < 4.78 is 0. The molecule has 1 unspecified atom stereocenters. The number of aromatic nitrogens is 1. The molecule has 1 aromatic carbocycles. The third-order valence-electron chi connectivity index (χ3n) is 6.59. The number of aliphatic carboxylic acids is 1. The summed E-state index contributed by atoms with van der Waals surface area (Å²) in [5.41, 5.74) is 2.88. The van der Waals surface area contributed by atoms with Gasteiger partial charge in [0.1, 0.15) is 5.82 Å². The van der Waals surface area contributed by atoms with Gasteiger partial charge >= 0.3 is 5.97 Å². The van der Waals surface area contributed by atoms with E-state index >= 15 is 0 Å². The Morgan fingerprint density at radius 2 is 1.97 bits per heavy atom. The summed E-state index contributed by atoms with van der Waals surface area (Å²) in [5, 5.41) is 15.5. The molecule has 0 radical (unpaired) electrons. The fourth-order valence-electron chi connectivity index (χ4n) is 4.72. The minimum atomic E-state index is -0.972. The molecule has 2 aromatic rings. The first-order valence-corrected chi connectivity index (χ1v) is 12.1. The lowest BCUT2D eigenvalue weighted by atomic mass is 9.95. The molecule has 3 heterocycles. The number of nitrogens with one attached hydrogen (secondary N) is 2. The summed E-state index contributed by atoms with van der Waals surface area (Å²) in [5.74, 6) is -0.560. The van der Waals surface area contributed by atoms with Gasteiger partial charge in [0.25, 0.3) is 0 Å². The second kappa shape index (κ2) is 11.1. The lowest BCUT2D eigenvalue weighted by Crippen LogP contribution is -2.46. The van der Waals surface area contributed by atoms with Gasteiger partial charge in [-0.05, 0) is 49.3 Å². The zero-order valence-electron chi connectivity index (χ0n) is 19.3. The van der Waals surface area contributed by atoms with Crippen molar-refractivity contribution < 1.29 is 19.5 Å². The molecular formula is C26H32N4O4. The summed E-state index contributed by atoms with van der Waals surface area (Å²) in [6, 6.07) is 12.6. The third kappa shape index (κ3) is 6.12. The van der Waals surface area contributed by atoms with Gasteiger partial charge in [0, 0.05) is 31.7 Å². The molecule has 4 rings (SSSR count). The van der Waals surface area contributed by atoms with Crippen molar-refractivity contribution >= 4 is 23.6 Å². The molecule has 180 valence electrons. The third-order valence-corrected chi connectivity index (χ3v) is 6.59. The Labute approximate surface area is 199 Å². The monoisotopic (exact) mass is 464 g/mol. The number of benzene rings is 1. The van der Waals surface area contributed by atoms with Crippen molar-refractivity contribution in [2.45, 2.75) is 51.0 Å². The molecule has 2 amide bonds. The van der Waals surface area contributed by atoms with Crippen LogP contribution in [0.1, 0.15) is 55.0 Å². The highest BCUT2D eigenvalue weighted by Crippen LogP contribution is 2.23. The van der Waals surface area contributed by atoms with Crippen LogP contribution in [-0.2, 0) is 27.2 Å². The standard InChI is InChI=1S/C26H32N4O4/c31-23(13-12-21-11-10-19-8-4-14-27-25(19)28-21)30-15-5-9-20(17-30)26(34)29-22(16-24(32)33)18-6-2-1-3-7-18/h1-3,6-7,10-11,20,22H,4-5,8-9,12-17H2,(H,27,28)(H,29,34)(H,32,33)/t20-,22?/m0/s1. The van der Waals surface area contributed by atoms with E-state index in [-0.39, 0.29) is 24.2 Å². The Hall–Kier alpha value is -3.42. The van der Waals surface area contributed by atoms with Gasteiger partial charge in [0.15, 0.2) is 0 Å². The van der Waals surface area contributed by atoms with Gasteiger partial charge < -0.3 is 20.6 Å². The van der Waals surface area contributed by atoms with Gasteiger partial charge in [0.05, 0.1) is 18.4 Å². The average Bonchev–Trinajstić information content (AvgIpc) is 2.87. The lowest BCUT2D eigenvalue weighted by molar-refractivity contribution is -0.138. The molecule has 8 nitrogen and oxygen atoms in total. The number of piperidine rings is 1. The number of aryl methyl sites for hydroxylation is 2. The highest BCUT2D eigenvalue weighted by molar-refractivity contribution is 5.82. The number of likely N-dealkylation sites (tertiary alicyclic amines) is 1. The lowest BCUT2D eigenvalue weighted by Gasteiger charge is -2.33. The van der Waals surface area contributed by atoms with Gasteiger partial charge in [-0.25, -0.2) is 4.98 Å². The van der Waals surface area contributed by atoms with E-state index in [1.807, 2.05) is 36.4 Å². The van der Waals surface area contributed by atoms with E-state index < -0.39 is 12.0 Å². The minimum absolute atomic E-state index is 0.0233. The number of fused-ring (bicyclic) bond motifs is 1. The molecule has 0 bridgehead atoms. The van der Waals surface area contributed by atoms with E-state index in [1.54, 1.807) is 4.90 Å². The van der Waals surface area contributed by atoms with Crippen LogP contribution in [-0.4, -0.2) is 52.4 Å². The molecule has 0 aliphatic carbocycles. The number of anilines is 1. The Kier molecular flexibility index (Phi) is 7.77. The van der Waals surface area contributed by atoms with E-state index in [9.17, 15) is 19.5 Å². The molecule has 2 aliphatic heterocycles. The van der Waals surface area contributed by atoms with Crippen LogP contribution in [0.5, 0.6) is 0 Å². The number of amides is 2. The largest absolute Gasteiger partial charge is 0.481 e. The van der Waals surface area contributed by atoms with Crippen LogP contribution in [0.25, 0.3) is 0 Å². The fourth-order valence-corrected chi connectivity index (χ4v) is 4.72. The Morgan fingerprint density at radius 1 is 1.15 bits per heavy atom. The van der Waals surface area contributed by atoms with Crippen molar-refractivity contribution in [3.05, 3.63) is 59.3 Å². The van der Waals surface area contributed by atoms with Crippen LogP contribution < -0.4 is 10.6 Å². The first-order valence-electron chi connectivity index (χ1n) is 12.1. The maximum Gasteiger partial charge on any atom is 0.305 e. The SMILES string of the molecule is O=C(O)CC(NC(=O)[C@H]1CCCN(C(=O)CCc2ccc3c(n2)NCCC3)C1)c1ccccc1. The number of pyridine rings is 1. The van der Waals surface area contributed by atoms with Crippen molar-refractivity contribution in [3.63, 3.8) is 0 Å². The molecule has 2 atom stereocenters. The van der Waals surface area contributed by atoms with Crippen molar-refractivity contribution in [3.8, 4) is 0 Å². The normalized spacial score (nSPS) is 18.4. The van der Waals surface area contributed by atoms with Gasteiger partial charge in [-0.1, -0.05) is 36.4 Å². The number of hydrogen-bond acceptors (Lipinski definition) is 5. The number of hydrogen-bond donors (Lipinski definition) is 3. The number of carbonyl (C=O) groups is 3. The number of carbonyl (C=O) groups excluding carboxylic acids is 2. The van der Waals surface area contributed by atoms with E-state index in [0.29, 0.717) is 32.4 Å². The van der Waals surface area contributed by atoms with E-state index in [4.69, 9.17) is 0 Å². The summed E-state index contributed by atoms with van der Waals surface area (Å²) in [6.07, 6.45) is 4.30. The molecule has 34 heavy (non-hydrogen) atoms. The topological polar surface area (TPSA) is 112 Å². The quantitative estimate of drug-likeness (QED) is 0.554. The number of carboxylic acid groups (broad SMARTS) is 1. The van der Waals surface area contributed by atoms with Crippen molar-refractivity contribution in [2.24, 2.45) is 5.92 Å². The van der Waals surface area contributed by atoms with Gasteiger partial charge in [-0.2, -0.15) is 0 Å². The van der Waals surface area contributed by atoms with Crippen LogP contribution in [0.15, 0.2) is 42.5 Å². The smallest absolute Gasteiger partial charge is 0.305 e.